The second-order valence-electron chi connectivity index (χ2n) is 4.43. The summed E-state index contributed by atoms with van der Waals surface area (Å²) in [5, 5.41) is 0. The van der Waals surface area contributed by atoms with E-state index >= 15 is 0 Å². The second kappa shape index (κ2) is 4.86. The number of nitrogens with two attached hydrogens (primary N) is 2. The Kier molecular flexibility index (Phi) is 3.03. The lowest BCUT2D eigenvalue weighted by Gasteiger charge is -2.07. The number of benzene rings is 1. The molecule has 6 nitrogen and oxygen atoms in total. The summed E-state index contributed by atoms with van der Waals surface area (Å²) in [4.78, 5) is 12.2. The maximum absolute atomic E-state index is 13.4. The van der Waals surface area contributed by atoms with Crippen LogP contribution in [0, 0.1) is 5.82 Å². The topological polar surface area (TPSA) is 95.6 Å². The van der Waals surface area contributed by atoms with Gasteiger partial charge in [-0.25, -0.2) is 19.3 Å². The van der Waals surface area contributed by atoms with Crippen LogP contribution >= 0.6 is 0 Å². The molecule has 0 aliphatic rings. The fourth-order valence-electron chi connectivity index (χ4n) is 2.09. The predicted octanol–water partition coefficient (Wildman–Crippen LogP) is 1.05. The zero-order valence-corrected chi connectivity index (χ0v) is 10.6. The van der Waals surface area contributed by atoms with Gasteiger partial charge in [0, 0.05) is 12.1 Å². The summed E-state index contributed by atoms with van der Waals surface area (Å²) < 4.78 is 15.3. The highest BCUT2D eigenvalue weighted by Gasteiger charge is 2.09. The summed E-state index contributed by atoms with van der Waals surface area (Å²) in [5.41, 5.74) is 13.9. The normalized spacial score (nSPS) is 11.1. The lowest BCUT2D eigenvalue weighted by Crippen LogP contribution is -2.04. The van der Waals surface area contributed by atoms with Gasteiger partial charge in [0.15, 0.2) is 11.5 Å². The Morgan fingerprint density at radius 1 is 1.20 bits per heavy atom. The van der Waals surface area contributed by atoms with E-state index in [1.54, 1.807) is 18.5 Å². The van der Waals surface area contributed by atoms with Crippen molar-refractivity contribution in [3.8, 4) is 0 Å². The highest BCUT2D eigenvalue weighted by molar-refractivity contribution is 5.81. The van der Waals surface area contributed by atoms with Gasteiger partial charge in [-0.2, -0.15) is 0 Å². The molecule has 3 rings (SSSR count). The predicted molar refractivity (Wildman–Crippen MR) is 73.1 cm³/mol. The van der Waals surface area contributed by atoms with Crippen molar-refractivity contribution < 1.29 is 4.39 Å². The number of nitrogen functional groups attached to an aromatic ring is 1. The molecular formula is C13H13FN6. The largest absolute Gasteiger partial charge is 0.382 e. The molecule has 1 aromatic carbocycles. The zero-order valence-electron chi connectivity index (χ0n) is 10.6. The third kappa shape index (κ3) is 2.08. The summed E-state index contributed by atoms with van der Waals surface area (Å²) in [7, 11) is 0. The first-order valence-electron chi connectivity index (χ1n) is 6.07. The number of halogens is 1. The lowest BCUT2D eigenvalue weighted by atomic mass is 10.1. The summed E-state index contributed by atoms with van der Waals surface area (Å²) in [6.45, 7) is 0.680. The van der Waals surface area contributed by atoms with Gasteiger partial charge in [0.2, 0.25) is 0 Å². The molecule has 2 heterocycles. The van der Waals surface area contributed by atoms with E-state index in [-0.39, 0.29) is 12.4 Å². The number of rotatable bonds is 3. The molecule has 102 valence electrons. The standard InChI is InChI=1S/C13H13FN6/c14-10-2-1-8(3-9(10)4-15)5-20-7-19-11-12(16)17-6-18-13(11)20/h1-3,6-7H,4-5,15H2,(H2,16,17,18). The molecule has 0 aliphatic heterocycles. The van der Waals surface area contributed by atoms with Crippen molar-refractivity contribution in [2.45, 2.75) is 13.1 Å². The number of nitrogens with zero attached hydrogens (tertiary/aromatic N) is 4. The van der Waals surface area contributed by atoms with Gasteiger partial charge in [-0.05, 0) is 17.7 Å². The van der Waals surface area contributed by atoms with Gasteiger partial charge in [0.05, 0.1) is 12.9 Å². The summed E-state index contributed by atoms with van der Waals surface area (Å²) >= 11 is 0. The van der Waals surface area contributed by atoms with Gasteiger partial charge in [0.25, 0.3) is 0 Å². The van der Waals surface area contributed by atoms with E-state index in [0.29, 0.717) is 29.1 Å². The Labute approximate surface area is 114 Å². The quantitative estimate of drug-likeness (QED) is 0.743. The highest BCUT2D eigenvalue weighted by atomic mass is 19.1. The van der Waals surface area contributed by atoms with Crippen molar-refractivity contribution in [2.75, 3.05) is 5.73 Å². The Morgan fingerprint density at radius 2 is 2.05 bits per heavy atom. The van der Waals surface area contributed by atoms with Crippen LogP contribution in [0.5, 0.6) is 0 Å². The van der Waals surface area contributed by atoms with Crippen LogP contribution < -0.4 is 11.5 Å². The SMILES string of the molecule is NCc1cc(Cn2cnc3c(N)ncnc32)ccc1F. The molecule has 0 aliphatic carbocycles. The smallest absolute Gasteiger partial charge is 0.165 e. The Hall–Kier alpha value is -2.54. The zero-order chi connectivity index (χ0) is 14.1. The summed E-state index contributed by atoms with van der Waals surface area (Å²) in [6.07, 6.45) is 3.03. The van der Waals surface area contributed by atoms with E-state index in [4.69, 9.17) is 11.5 Å². The average molecular weight is 272 g/mol. The minimum absolute atomic E-state index is 0.166. The maximum Gasteiger partial charge on any atom is 0.165 e. The molecule has 2 aromatic heterocycles. The monoisotopic (exact) mass is 272 g/mol. The molecule has 0 fully saturated rings. The van der Waals surface area contributed by atoms with Gasteiger partial charge < -0.3 is 16.0 Å². The van der Waals surface area contributed by atoms with Crippen molar-refractivity contribution in [1.29, 1.82) is 0 Å². The van der Waals surface area contributed by atoms with Gasteiger partial charge in [0.1, 0.15) is 17.7 Å². The maximum atomic E-state index is 13.4. The second-order valence-corrected chi connectivity index (χ2v) is 4.43. The Balaban J connectivity index is 1.99. The first-order valence-corrected chi connectivity index (χ1v) is 6.07. The third-order valence-corrected chi connectivity index (χ3v) is 3.11. The molecule has 0 atom stereocenters. The van der Waals surface area contributed by atoms with E-state index in [2.05, 4.69) is 15.0 Å². The molecule has 0 radical (unpaired) electrons. The number of fused-ring (bicyclic) bond motifs is 1. The van der Waals surface area contributed by atoms with E-state index in [9.17, 15) is 4.39 Å². The van der Waals surface area contributed by atoms with Crippen LogP contribution in [0.15, 0.2) is 30.9 Å². The molecule has 20 heavy (non-hydrogen) atoms. The van der Waals surface area contributed by atoms with Gasteiger partial charge in [-0.15, -0.1) is 0 Å². The molecule has 7 heteroatoms. The van der Waals surface area contributed by atoms with Crippen molar-refractivity contribution in [3.63, 3.8) is 0 Å². The van der Waals surface area contributed by atoms with E-state index in [1.807, 2.05) is 4.57 Å². The number of imidazole rings is 1. The van der Waals surface area contributed by atoms with E-state index in [0.717, 1.165) is 5.56 Å². The fraction of sp³-hybridized carbons (Fsp3) is 0.154. The van der Waals surface area contributed by atoms with Crippen molar-refractivity contribution in [3.05, 3.63) is 47.8 Å². The first-order chi connectivity index (χ1) is 9.69. The fourth-order valence-corrected chi connectivity index (χ4v) is 2.09. The van der Waals surface area contributed by atoms with Crippen LogP contribution in [0.4, 0.5) is 10.2 Å². The van der Waals surface area contributed by atoms with Crippen molar-refractivity contribution in [2.24, 2.45) is 5.73 Å². The molecule has 0 bridgehead atoms. The number of hydrogen-bond donors (Lipinski definition) is 2. The summed E-state index contributed by atoms with van der Waals surface area (Å²) in [5.74, 6) is 0.0498. The first kappa shape index (κ1) is 12.5. The molecule has 0 unspecified atom stereocenters. The van der Waals surface area contributed by atoms with E-state index in [1.165, 1.54) is 12.4 Å². The van der Waals surface area contributed by atoms with Crippen molar-refractivity contribution in [1.82, 2.24) is 19.5 Å². The Morgan fingerprint density at radius 3 is 2.85 bits per heavy atom. The molecule has 4 N–H and O–H groups in total. The summed E-state index contributed by atoms with van der Waals surface area (Å²) in [6, 6.07) is 4.87. The Bertz CT molecular complexity index is 767. The highest BCUT2D eigenvalue weighted by Crippen LogP contribution is 2.17. The number of anilines is 1. The molecule has 0 saturated heterocycles. The minimum Gasteiger partial charge on any atom is -0.382 e. The molecule has 3 aromatic rings. The van der Waals surface area contributed by atoms with Crippen LogP contribution in [-0.2, 0) is 13.1 Å². The van der Waals surface area contributed by atoms with Crippen LogP contribution in [0.1, 0.15) is 11.1 Å². The van der Waals surface area contributed by atoms with Gasteiger partial charge >= 0.3 is 0 Å². The van der Waals surface area contributed by atoms with Gasteiger partial charge in [-0.1, -0.05) is 6.07 Å². The number of aromatic nitrogens is 4. The van der Waals surface area contributed by atoms with Crippen LogP contribution in [0.25, 0.3) is 11.2 Å². The lowest BCUT2D eigenvalue weighted by molar-refractivity contribution is 0.609. The van der Waals surface area contributed by atoms with Crippen LogP contribution in [0.2, 0.25) is 0 Å². The van der Waals surface area contributed by atoms with Gasteiger partial charge in [-0.3, -0.25) is 0 Å². The van der Waals surface area contributed by atoms with Crippen molar-refractivity contribution >= 4 is 17.0 Å². The molecule has 0 saturated carbocycles. The number of hydrogen-bond acceptors (Lipinski definition) is 5. The average Bonchev–Trinajstić information content (AvgIpc) is 2.86. The molecule has 0 amide bonds. The minimum atomic E-state index is -0.293. The van der Waals surface area contributed by atoms with Crippen LogP contribution in [-0.4, -0.2) is 19.5 Å². The van der Waals surface area contributed by atoms with E-state index < -0.39 is 0 Å². The molecule has 0 spiro atoms. The van der Waals surface area contributed by atoms with Crippen LogP contribution in [0.3, 0.4) is 0 Å². The molecular weight excluding hydrogens is 259 g/mol. The third-order valence-electron chi connectivity index (χ3n) is 3.11.